The van der Waals surface area contributed by atoms with Crippen molar-refractivity contribution in [3.8, 4) is 0 Å². The molecule has 0 aromatic heterocycles. The van der Waals surface area contributed by atoms with Crippen LogP contribution in [0.1, 0.15) is 12.0 Å². The van der Waals surface area contributed by atoms with Gasteiger partial charge in [-0.15, -0.1) is 0 Å². The van der Waals surface area contributed by atoms with Gasteiger partial charge in [0.05, 0.1) is 31.9 Å². The predicted molar refractivity (Wildman–Crippen MR) is 75.6 cm³/mol. The summed E-state index contributed by atoms with van der Waals surface area (Å²) in [6.45, 7) is 1.83. The summed E-state index contributed by atoms with van der Waals surface area (Å²) in [6, 6.07) is 7.66. The topological polar surface area (TPSA) is 61.8 Å². The van der Waals surface area contributed by atoms with Crippen LogP contribution in [0.15, 0.2) is 24.3 Å². The van der Waals surface area contributed by atoms with Gasteiger partial charge >= 0.3 is 0 Å². The van der Waals surface area contributed by atoms with Crippen LogP contribution in [0.25, 0.3) is 0 Å². The minimum absolute atomic E-state index is 0.0234. The number of rotatable bonds is 2. The second kappa shape index (κ2) is 5.91. The van der Waals surface area contributed by atoms with E-state index in [-0.39, 0.29) is 24.6 Å². The lowest BCUT2D eigenvalue weighted by Crippen LogP contribution is -2.55. The van der Waals surface area contributed by atoms with E-state index >= 15 is 0 Å². The second-order valence-corrected chi connectivity index (χ2v) is 5.35. The van der Waals surface area contributed by atoms with E-state index in [2.05, 4.69) is 16.3 Å². The molecule has 0 bridgehead atoms. The average molecular weight is 276 g/mol. The van der Waals surface area contributed by atoms with Crippen molar-refractivity contribution < 1.29 is 14.6 Å². The first-order chi connectivity index (χ1) is 9.79. The minimum atomic E-state index is -0.191. The number of anilines is 1. The molecular formula is C15H20N2O3. The summed E-state index contributed by atoms with van der Waals surface area (Å²) >= 11 is 0. The average Bonchev–Trinajstić information content (AvgIpc) is 2.65. The summed E-state index contributed by atoms with van der Waals surface area (Å²) < 4.78 is 5.39. The molecule has 0 saturated carbocycles. The van der Waals surface area contributed by atoms with Crippen LogP contribution in [0.3, 0.4) is 0 Å². The van der Waals surface area contributed by atoms with Gasteiger partial charge in [0.1, 0.15) is 0 Å². The van der Waals surface area contributed by atoms with Crippen LogP contribution in [0.2, 0.25) is 0 Å². The summed E-state index contributed by atoms with van der Waals surface area (Å²) in [5.74, 6) is 0.0234. The number of aliphatic hydroxyl groups is 1. The number of nitrogens with zero attached hydrogens (tertiary/aromatic N) is 1. The normalized spacial score (nSPS) is 27.6. The van der Waals surface area contributed by atoms with Crippen molar-refractivity contribution in [1.82, 2.24) is 4.90 Å². The maximum atomic E-state index is 12.5. The van der Waals surface area contributed by atoms with E-state index in [0.717, 1.165) is 18.5 Å². The van der Waals surface area contributed by atoms with Crippen LogP contribution in [0.4, 0.5) is 5.69 Å². The first-order valence-corrected chi connectivity index (χ1v) is 7.12. The number of carbonyl (C=O) groups is 1. The number of hydrogen-bond acceptors (Lipinski definition) is 4. The molecular weight excluding hydrogens is 256 g/mol. The Bertz CT molecular complexity index is 492. The molecule has 0 spiro atoms. The molecule has 1 aromatic rings. The van der Waals surface area contributed by atoms with E-state index in [1.165, 1.54) is 5.56 Å². The molecule has 0 aliphatic carbocycles. The highest BCUT2D eigenvalue weighted by Gasteiger charge is 2.34. The third kappa shape index (κ3) is 2.57. The monoisotopic (exact) mass is 276 g/mol. The zero-order chi connectivity index (χ0) is 13.9. The Morgan fingerprint density at radius 2 is 2.25 bits per heavy atom. The summed E-state index contributed by atoms with van der Waals surface area (Å²) in [4.78, 5) is 14.6. The van der Waals surface area contributed by atoms with Crippen LogP contribution in [-0.2, 0) is 16.0 Å². The van der Waals surface area contributed by atoms with Gasteiger partial charge in [0, 0.05) is 12.2 Å². The van der Waals surface area contributed by atoms with E-state index in [0.29, 0.717) is 19.8 Å². The highest BCUT2D eigenvalue weighted by molar-refractivity contribution is 5.96. The largest absolute Gasteiger partial charge is 0.395 e. The van der Waals surface area contributed by atoms with Crippen molar-refractivity contribution in [3.05, 3.63) is 29.8 Å². The van der Waals surface area contributed by atoms with Crippen molar-refractivity contribution in [1.29, 1.82) is 0 Å². The Labute approximate surface area is 118 Å². The molecule has 2 aliphatic heterocycles. The Kier molecular flexibility index (Phi) is 4.00. The van der Waals surface area contributed by atoms with Crippen molar-refractivity contribution in [2.24, 2.45) is 0 Å². The highest BCUT2D eigenvalue weighted by atomic mass is 16.5. The molecule has 2 unspecified atom stereocenters. The first-order valence-electron chi connectivity index (χ1n) is 7.12. The number of benzene rings is 1. The van der Waals surface area contributed by atoms with Gasteiger partial charge in [-0.2, -0.15) is 0 Å². The first kappa shape index (κ1) is 13.5. The van der Waals surface area contributed by atoms with Crippen LogP contribution >= 0.6 is 0 Å². The molecule has 2 aliphatic rings. The Hall–Kier alpha value is -1.43. The number of carbonyl (C=O) groups excluding carboxylic acids is 1. The molecule has 0 radical (unpaired) electrons. The molecule has 2 heterocycles. The lowest BCUT2D eigenvalue weighted by atomic mass is 10.0. The smallest absolute Gasteiger partial charge is 0.241 e. The fraction of sp³-hybridized carbons (Fsp3) is 0.533. The molecule has 1 saturated heterocycles. The van der Waals surface area contributed by atoms with Crippen LogP contribution in [-0.4, -0.2) is 54.4 Å². The van der Waals surface area contributed by atoms with E-state index in [9.17, 15) is 9.90 Å². The van der Waals surface area contributed by atoms with Gasteiger partial charge in [0.25, 0.3) is 0 Å². The molecule has 5 heteroatoms. The lowest BCUT2D eigenvalue weighted by molar-refractivity contribution is -0.126. The van der Waals surface area contributed by atoms with Gasteiger partial charge in [-0.25, -0.2) is 0 Å². The number of amides is 1. The van der Waals surface area contributed by atoms with E-state index < -0.39 is 0 Å². The fourth-order valence-corrected chi connectivity index (χ4v) is 3.05. The molecule has 20 heavy (non-hydrogen) atoms. The second-order valence-electron chi connectivity index (χ2n) is 5.35. The van der Waals surface area contributed by atoms with Gasteiger partial charge in [0.15, 0.2) is 0 Å². The van der Waals surface area contributed by atoms with Crippen molar-refractivity contribution >= 4 is 11.6 Å². The molecule has 2 N–H and O–H groups in total. The fourth-order valence-electron chi connectivity index (χ4n) is 3.05. The number of fused-ring (bicyclic) bond motifs is 1. The molecule has 3 rings (SSSR count). The van der Waals surface area contributed by atoms with Gasteiger partial charge in [-0.3, -0.25) is 9.69 Å². The third-order valence-electron chi connectivity index (χ3n) is 4.15. The molecule has 108 valence electrons. The Morgan fingerprint density at radius 1 is 1.40 bits per heavy atom. The number of para-hydroxylation sites is 1. The van der Waals surface area contributed by atoms with Crippen molar-refractivity contribution in [2.75, 3.05) is 31.7 Å². The van der Waals surface area contributed by atoms with E-state index in [1.54, 1.807) is 0 Å². The van der Waals surface area contributed by atoms with Gasteiger partial charge in [-0.05, 0) is 24.5 Å². The quantitative estimate of drug-likeness (QED) is 0.832. The van der Waals surface area contributed by atoms with E-state index in [4.69, 9.17) is 4.74 Å². The van der Waals surface area contributed by atoms with Crippen LogP contribution < -0.4 is 5.32 Å². The lowest BCUT2D eigenvalue weighted by Gasteiger charge is -2.38. The van der Waals surface area contributed by atoms with Gasteiger partial charge in [0.2, 0.25) is 5.91 Å². The van der Waals surface area contributed by atoms with Crippen LogP contribution in [0.5, 0.6) is 0 Å². The molecule has 1 amide bonds. The predicted octanol–water partition coefficient (Wildman–Crippen LogP) is 0.633. The zero-order valence-electron chi connectivity index (χ0n) is 11.4. The number of ether oxygens (including phenoxy) is 1. The van der Waals surface area contributed by atoms with Crippen LogP contribution in [0, 0.1) is 0 Å². The number of nitrogens with one attached hydrogen (secondary N) is 1. The molecule has 1 aromatic carbocycles. The highest BCUT2D eigenvalue weighted by Crippen LogP contribution is 2.25. The Morgan fingerprint density at radius 3 is 3.10 bits per heavy atom. The van der Waals surface area contributed by atoms with Crippen molar-refractivity contribution in [3.63, 3.8) is 0 Å². The number of hydrogen-bond donors (Lipinski definition) is 2. The summed E-state index contributed by atoms with van der Waals surface area (Å²) in [5.41, 5.74) is 2.09. The summed E-state index contributed by atoms with van der Waals surface area (Å²) in [7, 11) is 0. The summed E-state index contributed by atoms with van der Waals surface area (Å²) in [6.07, 6.45) is 1.65. The standard InChI is InChI=1S/C15H20N2O3/c18-9-12-10-20-8-7-17(12)14-6-5-11-3-1-2-4-13(11)16-15(14)19/h1-4,12,14,18H,5-10H2,(H,16,19). The maximum absolute atomic E-state index is 12.5. The number of morpholine rings is 1. The van der Waals surface area contributed by atoms with E-state index in [1.807, 2.05) is 18.2 Å². The number of aryl methyl sites for hydroxylation is 1. The maximum Gasteiger partial charge on any atom is 0.241 e. The Balaban J connectivity index is 1.80. The molecule has 1 fully saturated rings. The minimum Gasteiger partial charge on any atom is -0.395 e. The van der Waals surface area contributed by atoms with Gasteiger partial charge < -0.3 is 15.2 Å². The van der Waals surface area contributed by atoms with Crippen molar-refractivity contribution in [2.45, 2.75) is 24.9 Å². The number of aliphatic hydroxyl groups excluding tert-OH is 1. The summed E-state index contributed by atoms with van der Waals surface area (Å²) in [5, 5.41) is 12.5. The third-order valence-corrected chi connectivity index (χ3v) is 4.15. The molecule has 5 nitrogen and oxygen atoms in total. The zero-order valence-corrected chi connectivity index (χ0v) is 11.4. The van der Waals surface area contributed by atoms with Gasteiger partial charge in [-0.1, -0.05) is 18.2 Å². The molecule has 2 atom stereocenters. The SMILES string of the molecule is O=C1Nc2ccccc2CCC1N1CCOCC1CO.